The molecular weight excluding hydrogens is 376 g/mol. The molecule has 2 aliphatic heterocycles. The Balaban J connectivity index is 1.61. The Morgan fingerprint density at radius 2 is 1.93 bits per heavy atom. The first-order chi connectivity index (χ1) is 13.8. The molecule has 160 valence electrons. The summed E-state index contributed by atoms with van der Waals surface area (Å²) in [7, 11) is 0. The molecule has 8 heteroatoms. The van der Waals surface area contributed by atoms with Crippen molar-refractivity contribution in [1.29, 1.82) is 0 Å². The number of hydrogen-bond acceptors (Lipinski definition) is 6. The Morgan fingerprint density at radius 3 is 2.48 bits per heavy atom. The first-order valence-electron chi connectivity index (χ1n) is 10.1. The van der Waals surface area contributed by atoms with Crippen LogP contribution in [0.15, 0.2) is 24.3 Å². The van der Waals surface area contributed by atoms with Crippen molar-refractivity contribution in [3.05, 3.63) is 29.8 Å². The Morgan fingerprint density at radius 1 is 1.21 bits per heavy atom. The molecule has 0 spiro atoms. The van der Waals surface area contributed by atoms with Crippen LogP contribution >= 0.6 is 0 Å². The number of alkyl carbamates (subject to hydrolysis) is 1. The van der Waals surface area contributed by atoms with Gasteiger partial charge in [-0.1, -0.05) is 12.1 Å². The van der Waals surface area contributed by atoms with E-state index in [0.29, 0.717) is 24.4 Å². The van der Waals surface area contributed by atoms with E-state index in [0.717, 1.165) is 25.9 Å². The standard InChI is InChI=1S/C21H30N2O6/c1-21(2,3)29-20(25)22-18(19(24)23-11-5-12-23)15-7-9-16(10-8-15)27-14-28-17-6-4-13-26-17/h7-10,17-18H,4-6,11-14H2,1-3H3,(H,22,25)/t17?,18-/m0/s1. The lowest BCUT2D eigenvalue weighted by atomic mass is 10.0. The smallest absolute Gasteiger partial charge is 0.408 e. The molecule has 1 unspecified atom stereocenters. The first kappa shape index (κ1) is 21.4. The van der Waals surface area contributed by atoms with Crippen molar-refractivity contribution < 1.29 is 28.5 Å². The molecular formula is C21H30N2O6. The highest BCUT2D eigenvalue weighted by molar-refractivity contribution is 5.87. The van der Waals surface area contributed by atoms with Gasteiger partial charge < -0.3 is 29.2 Å². The predicted molar refractivity (Wildman–Crippen MR) is 105 cm³/mol. The third-order valence-electron chi connectivity index (χ3n) is 4.66. The van der Waals surface area contributed by atoms with Crippen LogP contribution in [0.3, 0.4) is 0 Å². The van der Waals surface area contributed by atoms with Gasteiger partial charge in [0.25, 0.3) is 0 Å². The maximum absolute atomic E-state index is 12.8. The van der Waals surface area contributed by atoms with Gasteiger partial charge in [-0.05, 0) is 51.3 Å². The van der Waals surface area contributed by atoms with Gasteiger partial charge >= 0.3 is 6.09 Å². The summed E-state index contributed by atoms with van der Waals surface area (Å²) in [5, 5.41) is 2.70. The molecule has 2 atom stereocenters. The van der Waals surface area contributed by atoms with Crippen LogP contribution in [0.5, 0.6) is 5.75 Å². The van der Waals surface area contributed by atoms with Crippen LogP contribution in [0.2, 0.25) is 0 Å². The Hall–Kier alpha value is -2.32. The Kier molecular flexibility index (Phi) is 6.97. The average molecular weight is 406 g/mol. The molecule has 2 saturated heterocycles. The number of benzene rings is 1. The van der Waals surface area contributed by atoms with Gasteiger partial charge in [-0.2, -0.15) is 0 Å². The van der Waals surface area contributed by atoms with Crippen LogP contribution in [0.1, 0.15) is 51.6 Å². The maximum atomic E-state index is 12.8. The SMILES string of the molecule is CC(C)(C)OC(=O)N[C@H](C(=O)N1CCC1)c1ccc(OCOC2CCCO2)cc1. The van der Waals surface area contributed by atoms with E-state index in [1.807, 2.05) is 0 Å². The van der Waals surface area contributed by atoms with Crippen molar-refractivity contribution >= 4 is 12.0 Å². The molecule has 1 N–H and O–H groups in total. The molecule has 1 aromatic carbocycles. The summed E-state index contributed by atoms with van der Waals surface area (Å²) in [5.74, 6) is 0.469. The number of ether oxygens (including phenoxy) is 4. The van der Waals surface area contributed by atoms with E-state index in [4.69, 9.17) is 18.9 Å². The molecule has 0 bridgehead atoms. The molecule has 0 aromatic heterocycles. The van der Waals surface area contributed by atoms with E-state index in [1.165, 1.54) is 0 Å². The van der Waals surface area contributed by atoms with E-state index in [1.54, 1.807) is 49.9 Å². The summed E-state index contributed by atoms with van der Waals surface area (Å²) in [4.78, 5) is 26.8. The number of likely N-dealkylation sites (tertiary alicyclic amines) is 1. The third kappa shape index (κ3) is 6.33. The fourth-order valence-corrected chi connectivity index (χ4v) is 3.05. The van der Waals surface area contributed by atoms with Gasteiger partial charge in [-0.3, -0.25) is 4.79 Å². The summed E-state index contributed by atoms with van der Waals surface area (Å²) in [6, 6.07) is 6.23. The van der Waals surface area contributed by atoms with E-state index < -0.39 is 17.7 Å². The van der Waals surface area contributed by atoms with Crippen LogP contribution in [0, 0.1) is 0 Å². The number of amides is 2. The Bertz CT molecular complexity index is 690. The number of nitrogens with one attached hydrogen (secondary N) is 1. The fourth-order valence-electron chi connectivity index (χ4n) is 3.05. The fraction of sp³-hybridized carbons (Fsp3) is 0.619. The van der Waals surface area contributed by atoms with Gasteiger partial charge in [0, 0.05) is 26.1 Å². The number of carbonyl (C=O) groups is 2. The normalized spacial score (nSPS) is 20.0. The van der Waals surface area contributed by atoms with Crippen molar-refractivity contribution in [2.75, 3.05) is 26.5 Å². The van der Waals surface area contributed by atoms with E-state index in [2.05, 4.69) is 5.32 Å². The van der Waals surface area contributed by atoms with Crippen LogP contribution < -0.4 is 10.1 Å². The number of rotatable bonds is 7. The maximum Gasteiger partial charge on any atom is 0.408 e. The summed E-state index contributed by atoms with van der Waals surface area (Å²) in [5.41, 5.74) is 0.0231. The molecule has 29 heavy (non-hydrogen) atoms. The largest absolute Gasteiger partial charge is 0.467 e. The highest BCUT2D eigenvalue weighted by Gasteiger charge is 2.31. The number of nitrogens with zero attached hydrogens (tertiary/aromatic N) is 1. The van der Waals surface area contributed by atoms with Gasteiger partial charge in [0.05, 0.1) is 0 Å². The minimum absolute atomic E-state index is 0.0936. The average Bonchev–Trinajstić information content (AvgIpc) is 3.11. The van der Waals surface area contributed by atoms with Crippen molar-refractivity contribution in [3.63, 3.8) is 0 Å². The van der Waals surface area contributed by atoms with Crippen LogP contribution in [-0.2, 0) is 19.0 Å². The second-order valence-electron chi connectivity index (χ2n) is 8.20. The van der Waals surface area contributed by atoms with Crippen LogP contribution in [0.4, 0.5) is 4.79 Å². The third-order valence-corrected chi connectivity index (χ3v) is 4.66. The van der Waals surface area contributed by atoms with Crippen LogP contribution in [-0.4, -0.2) is 55.3 Å². The van der Waals surface area contributed by atoms with Crippen molar-refractivity contribution in [1.82, 2.24) is 10.2 Å². The zero-order valence-corrected chi connectivity index (χ0v) is 17.3. The first-order valence-corrected chi connectivity index (χ1v) is 10.1. The molecule has 1 aromatic rings. The molecule has 2 aliphatic rings. The van der Waals surface area contributed by atoms with E-state index in [9.17, 15) is 9.59 Å². The molecule has 8 nitrogen and oxygen atoms in total. The topological polar surface area (TPSA) is 86.3 Å². The number of hydrogen-bond donors (Lipinski definition) is 1. The van der Waals surface area contributed by atoms with E-state index >= 15 is 0 Å². The summed E-state index contributed by atoms with van der Waals surface area (Å²) in [6.45, 7) is 7.56. The van der Waals surface area contributed by atoms with Gasteiger partial charge in [0.1, 0.15) is 17.4 Å². The minimum Gasteiger partial charge on any atom is -0.467 e. The summed E-state index contributed by atoms with van der Waals surface area (Å²) in [6.07, 6.45) is 2.02. The Labute approximate surface area is 171 Å². The molecule has 2 amide bonds. The lowest BCUT2D eigenvalue weighted by Crippen LogP contribution is -2.49. The second-order valence-corrected chi connectivity index (χ2v) is 8.20. The minimum atomic E-state index is -0.803. The molecule has 0 saturated carbocycles. The van der Waals surface area contributed by atoms with Crippen molar-refractivity contribution in [3.8, 4) is 5.75 Å². The zero-order valence-electron chi connectivity index (χ0n) is 17.3. The molecule has 0 aliphatic carbocycles. The van der Waals surface area contributed by atoms with Crippen molar-refractivity contribution in [2.24, 2.45) is 0 Å². The number of carbonyl (C=O) groups excluding carboxylic acids is 2. The van der Waals surface area contributed by atoms with Crippen LogP contribution in [0.25, 0.3) is 0 Å². The van der Waals surface area contributed by atoms with Gasteiger partial charge in [0.2, 0.25) is 5.91 Å². The van der Waals surface area contributed by atoms with E-state index in [-0.39, 0.29) is 19.0 Å². The summed E-state index contributed by atoms with van der Waals surface area (Å²) >= 11 is 0. The highest BCUT2D eigenvalue weighted by atomic mass is 16.7. The monoisotopic (exact) mass is 406 g/mol. The molecule has 3 rings (SSSR count). The van der Waals surface area contributed by atoms with Crippen molar-refractivity contribution in [2.45, 2.75) is 58.0 Å². The quantitative estimate of drug-likeness (QED) is 0.701. The predicted octanol–water partition coefficient (Wildman–Crippen LogP) is 2.97. The second kappa shape index (κ2) is 9.45. The molecule has 0 radical (unpaired) electrons. The van der Waals surface area contributed by atoms with Gasteiger partial charge in [0.15, 0.2) is 13.1 Å². The summed E-state index contributed by atoms with van der Waals surface area (Å²) < 4.78 is 21.8. The molecule has 2 heterocycles. The lowest BCUT2D eigenvalue weighted by molar-refractivity contribution is -0.149. The van der Waals surface area contributed by atoms with Gasteiger partial charge in [-0.15, -0.1) is 0 Å². The highest BCUT2D eigenvalue weighted by Crippen LogP contribution is 2.23. The lowest BCUT2D eigenvalue weighted by Gasteiger charge is -2.34. The van der Waals surface area contributed by atoms with Gasteiger partial charge in [-0.25, -0.2) is 4.79 Å². The zero-order chi connectivity index (χ0) is 20.9. The molecule has 2 fully saturated rings.